The minimum absolute atomic E-state index is 0.729. The second-order valence-electron chi connectivity index (χ2n) is 3.50. The second-order valence-corrected chi connectivity index (χ2v) is 3.81. The highest BCUT2D eigenvalue weighted by atomic mass is 32.1. The highest BCUT2D eigenvalue weighted by Gasteiger charge is 2.01. The molecule has 0 bridgehead atoms. The third-order valence-electron chi connectivity index (χ3n) is 1.39. The topological polar surface area (TPSA) is 3.24 Å². The summed E-state index contributed by atoms with van der Waals surface area (Å²) in [6.07, 6.45) is 0. The Hall–Kier alpha value is 0.0500. The van der Waals surface area contributed by atoms with E-state index in [4.69, 9.17) is 0 Å². The molecular weight excluding hydrogens is 154 g/mol. The summed E-state index contributed by atoms with van der Waals surface area (Å²) in [6, 6.07) is 0. The fourth-order valence-corrected chi connectivity index (χ4v) is 1.22. The Morgan fingerprint density at radius 2 is 2.09 bits per heavy atom. The molecule has 0 aliphatic rings. The van der Waals surface area contributed by atoms with Crippen LogP contribution in [0.5, 0.6) is 0 Å². The van der Waals surface area contributed by atoms with Crippen LogP contribution in [0.4, 0.5) is 0 Å². The van der Waals surface area contributed by atoms with Crippen molar-refractivity contribution in [3.05, 3.63) is 12.2 Å². The lowest BCUT2D eigenvalue weighted by molar-refractivity contribution is 0.318. The van der Waals surface area contributed by atoms with Crippen molar-refractivity contribution in [3.8, 4) is 0 Å². The lowest BCUT2D eigenvalue weighted by Gasteiger charge is -2.19. The van der Waals surface area contributed by atoms with Gasteiger partial charge in [0.2, 0.25) is 0 Å². The summed E-state index contributed by atoms with van der Waals surface area (Å²) in [5.74, 6) is 1.52. The third-order valence-corrected chi connectivity index (χ3v) is 1.84. The van der Waals surface area contributed by atoms with Crippen molar-refractivity contribution in [3.63, 3.8) is 0 Å². The van der Waals surface area contributed by atoms with Crippen molar-refractivity contribution in [2.24, 2.45) is 5.92 Å². The lowest BCUT2D eigenvalue weighted by Crippen LogP contribution is -2.25. The van der Waals surface area contributed by atoms with E-state index in [1.807, 2.05) is 0 Å². The number of thiol groups is 1. The van der Waals surface area contributed by atoms with Crippen molar-refractivity contribution < 1.29 is 0 Å². The van der Waals surface area contributed by atoms with Crippen LogP contribution in [0.3, 0.4) is 0 Å². The zero-order valence-corrected chi connectivity index (χ0v) is 8.69. The molecule has 0 aliphatic heterocycles. The zero-order chi connectivity index (χ0) is 8.85. The average Bonchev–Trinajstić information content (AvgIpc) is 1.85. The fourth-order valence-electron chi connectivity index (χ4n) is 1.12. The Labute approximate surface area is 75.9 Å². The molecule has 0 aromatic rings. The molecule has 0 spiro atoms. The predicted molar refractivity (Wildman–Crippen MR) is 55.3 cm³/mol. The maximum Gasteiger partial charge on any atom is 0.0195 e. The van der Waals surface area contributed by atoms with Gasteiger partial charge in [-0.05, 0) is 13.0 Å². The van der Waals surface area contributed by atoms with Gasteiger partial charge in [0.05, 0.1) is 0 Å². The standard InChI is InChI=1S/C9H19NS/c1-8(2)5-10(4)6-9(3)7-11/h8,11H,3,5-7H2,1-2,4H3. The van der Waals surface area contributed by atoms with Gasteiger partial charge in [-0.3, -0.25) is 0 Å². The van der Waals surface area contributed by atoms with Gasteiger partial charge in [-0.25, -0.2) is 0 Å². The molecular formula is C9H19NS. The SMILES string of the molecule is C=C(CS)CN(C)CC(C)C. The number of rotatable bonds is 5. The fraction of sp³-hybridized carbons (Fsp3) is 0.778. The molecule has 0 atom stereocenters. The summed E-state index contributed by atoms with van der Waals surface area (Å²) >= 11 is 4.15. The maximum atomic E-state index is 4.15. The van der Waals surface area contributed by atoms with Crippen LogP contribution >= 0.6 is 12.6 Å². The van der Waals surface area contributed by atoms with Gasteiger partial charge in [-0.15, -0.1) is 0 Å². The molecule has 1 nitrogen and oxygen atoms in total. The van der Waals surface area contributed by atoms with Gasteiger partial charge in [0, 0.05) is 18.8 Å². The van der Waals surface area contributed by atoms with Crippen molar-refractivity contribution >= 4 is 12.6 Å². The van der Waals surface area contributed by atoms with Crippen LogP contribution in [-0.4, -0.2) is 30.8 Å². The van der Waals surface area contributed by atoms with Gasteiger partial charge < -0.3 is 4.90 Å². The maximum absolute atomic E-state index is 4.15. The summed E-state index contributed by atoms with van der Waals surface area (Å²) in [5, 5.41) is 0. The minimum atomic E-state index is 0.729. The summed E-state index contributed by atoms with van der Waals surface area (Å²) in [4.78, 5) is 2.28. The largest absolute Gasteiger partial charge is 0.302 e. The summed E-state index contributed by atoms with van der Waals surface area (Å²) in [6.45, 7) is 10.5. The first-order chi connectivity index (χ1) is 5.06. The molecule has 0 amide bonds. The Morgan fingerprint density at radius 1 is 1.55 bits per heavy atom. The third kappa shape index (κ3) is 6.45. The van der Waals surface area contributed by atoms with E-state index < -0.39 is 0 Å². The molecule has 0 aromatic heterocycles. The predicted octanol–water partition coefficient (Wildman–Crippen LogP) is 2.06. The van der Waals surface area contributed by atoms with Crippen LogP contribution in [0.2, 0.25) is 0 Å². The van der Waals surface area contributed by atoms with Gasteiger partial charge >= 0.3 is 0 Å². The Bertz CT molecular complexity index is 121. The molecule has 0 aliphatic carbocycles. The number of likely N-dealkylation sites (N-methyl/N-ethyl adjacent to an activating group) is 1. The van der Waals surface area contributed by atoms with Crippen LogP contribution in [0, 0.1) is 5.92 Å². The van der Waals surface area contributed by atoms with E-state index in [0.717, 1.165) is 24.8 Å². The summed E-state index contributed by atoms with van der Waals surface area (Å²) in [5.41, 5.74) is 1.19. The first-order valence-electron chi connectivity index (χ1n) is 4.02. The van der Waals surface area contributed by atoms with Crippen LogP contribution in [0.1, 0.15) is 13.8 Å². The summed E-state index contributed by atoms with van der Waals surface area (Å²) in [7, 11) is 2.12. The van der Waals surface area contributed by atoms with E-state index in [2.05, 4.69) is 45.0 Å². The van der Waals surface area contributed by atoms with E-state index in [1.54, 1.807) is 0 Å². The van der Waals surface area contributed by atoms with Crippen molar-refractivity contribution in [2.45, 2.75) is 13.8 Å². The van der Waals surface area contributed by atoms with Crippen LogP contribution in [-0.2, 0) is 0 Å². The van der Waals surface area contributed by atoms with Gasteiger partial charge in [0.15, 0.2) is 0 Å². The number of hydrogen-bond donors (Lipinski definition) is 1. The van der Waals surface area contributed by atoms with Crippen LogP contribution in [0.25, 0.3) is 0 Å². The van der Waals surface area contributed by atoms with E-state index in [-0.39, 0.29) is 0 Å². The smallest absolute Gasteiger partial charge is 0.0195 e. The van der Waals surface area contributed by atoms with Gasteiger partial charge in [0.1, 0.15) is 0 Å². The zero-order valence-electron chi connectivity index (χ0n) is 7.80. The first-order valence-corrected chi connectivity index (χ1v) is 4.65. The van der Waals surface area contributed by atoms with E-state index in [1.165, 1.54) is 5.57 Å². The quantitative estimate of drug-likeness (QED) is 0.492. The van der Waals surface area contributed by atoms with E-state index in [9.17, 15) is 0 Å². The van der Waals surface area contributed by atoms with Gasteiger partial charge in [-0.1, -0.05) is 26.0 Å². The molecule has 11 heavy (non-hydrogen) atoms. The molecule has 0 N–H and O–H groups in total. The monoisotopic (exact) mass is 173 g/mol. The molecule has 2 heteroatoms. The van der Waals surface area contributed by atoms with Crippen molar-refractivity contribution in [1.29, 1.82) is 0 Å². The normalized spacial score (nSPS) is 11.1. The molecule has 66 valence electrons. The summed E-state index contributed by atoms with van der Waals surface area (Å²) < 4.78 is 0. The Kier molecular flexibility index (Phi) is 5.69. The van der Waals surface area contributed by atoms with Crippen LogP contribution < -0.4 is 0 Å². The first kappa shape index (κ1) is 11.1. The molecule has 0 rings (SSSR count). The Balaban J connectivity index is 3.51. The highest BCUT2D eigenvalue weighted by molar-refractivity contribution is 7.80. The molecule has 0 heterocycles. The Morgan fingerprint density at radius 3 is 2.45 bits per heavy atom. The van der Waals surface area contributed by atoms with Crippen molar-refractivity contribution in [1.82, 2.24) is 4.90 Å². The highest BCUT2D eigenvalue weighted by Crippen LogP contribution is 2.00. The van der Waals surface area contributed by atoms with Crippen molar-refractivity contribution in [2.75, 3.05) is 25.9 Å². The molecule has 0 radical (unpaired) electrons. The second kappa shape index (κ2) is 5.67. The molecule has 0 aromatic carbocycles. The average molecular weight is 173 g/mol. The molecule has 0 saturated heterocycles. The number of hydrogen-bond acceptors (Lipinski definition) is 2. The minimum Gasteiger partial charge on any atom is -0.302 e. The molecule has 0 fully saturated rings. The van der Waals surface area contributed by atoms with E-state index in [0.29, 0.717) is 0 Å². The van der Waals surface area contributed by atoms with E-state index >= 15 is 0 Å². The molecule has 0 unspecified atom stereocenters. The molecule has 0 saturated carbocycles. The number of nitrogens with zero attached hydrogens (tertiary/aromatic N) is 1. The van der Waals surface area contributed by atoms with Gasteiger partial charge in [-0.2, -0.15) is 12.6 Å². The lowest BCUT2D eigenvalue weighted by atomic mass is 10.2. The van der Waals surface area contributed by atoms with Crippen LogP contribution in [0.15, 0.2) is 12.2 Å². The van der Waals surface area contributed by atoms with Gasteiger partial charge in [0.25, 0.3) is 0 Å².